The van der Waals surface area contributed by atoms with Crippen molar-refractivity contribution in [1.82, 2.24) is 5.32 Å². The molecular formula is C12H16FNO. The highest BCUT2D eigenvalue weighted by Crippen LogP contribution is 2.26. The van der Waals surface area contributed by atoms with Crippen LogP contribution in [0, 0.1) is 5.82 Å². The van der Waals surface area contributed by atoms with Crippen LogP contribution in [0.25, 0.3) is 0 Å². The molecule has 1 unspecified atom stereocenters. The highest BCUT2D eigenvalue weighted by atomic mass is 19.1. The maximum Gasteiger partial charge on any atom is 0.127 e. The van der Waals surface area contributed by atoms with Crippen LogP contribution in [0.5, 0.6) is 5.75 Å². The third-order valence-corrected chi connectivity index (χ3v) is 2.84. The van der Waals surface area contributed by atoms with Crippen molar-refractivity contribution in [3.8, 4) is 5.75 Å². The van der Waals surface area contributed by atoms with Crippen LogP contribution in [0.3, 0.4) is 0 Å². The molecule has 0 saturated carbocycles. The highest BCUT2D eigenvalue weighted by molar-refractivity contribution is 5.31. The van der Waals surface area contributed by atoms with Crippen LogP contribution in [-0.4, -0.2) is 13.7 Å². The summed E-state index contributed by atoms with van der Waals surface area (Å²) < 4.78 is 18.3. The average Bonchev–Trinajstić information content (AvgIpc) is 2.29. The number of ether oxygens (including phenoxy) is 1. The number of halogens is 1. The molecule has 1 atom stereocenters. The third kappa shape index (κ3) is 2.48. The predicted octanol–water partition coefficient (Wildman–Crippen LogP) is 2.65. The van der Waals surface area contributed by atoms with E-state index in [0.29, 0.717) is 5.75 Å². The molecule has 1 aliphatic rings. The Hall–Kier alpha value is -1.09. The Labute approximate surface area is 89.4 Å². The number of benzene rings is 1. The van der Waals surface area contributed by atoms with Crippen molar-refractivity contribution in [3.05, 3.63) is 29.6 Å². The van der Waals surface area contributed by atoms with Crippen LogP contribution in [0.4, 0.5) is 4.39 Å². The number of hydrogen-bond acceptors (Lipinski definition) is 2. The summed E-state index contributed by atoms with van der Waals surface area (Å²) in [5.74, 6) is 0.370. The fraction of sp³-hybridized carbons (Fsp3) is 0.500. The zero-order valence-corrected chi connectivity index (χ0v) is 8.92. The fourth-order valence-electron chi connectivity index (χ4n) is 2.04. The van der Waals surface area contributed by atoms with Crippen LogP contribution in [0.15, 0.2) is 18.2 Å². The molecule has 15 heavy (non-hydrogen) atoms. The van der Waals surface area contributed by atoms with Gasteiger partial charge in [0.1, 0.15) is 11.6 Å². The summed E-state index contributed by atoms with van der Waals surface area (Å²) in [6.07, 6.45) is 3.49. The summed E-state index contributed by atoms with van der Waals surface area (Å²) in [6.45, 7) is 1.02. The maximum atomic E-state index is 13.3. The zero-order chi connectivity index (χ0) is 10.7. The van der Waals surface area contributed by atoms with Gasteiger partial charge in [-0.2, -0.15) is 0 Å². The summed E-state index contributed by atoms with van der Waals surface area (Å²) >= 11 is 0. The molecule has 1 aromatic rings. The lowest BCUT2D eigenvalue weighted by molar-refractivity contribution is 0.396. The normalized spacial score (nSPS) is 21.3. The summed E-state index contributed by atoms with van der Waals surface area (Å²) in [5, 5.41) is 3.39. The van der Waals surface area contributed by atoms with Crippen molar-refractivity contribution in [2.75, 3.05) is 13.7 Å². The van der Waals surface area contributed by atoms with Gasteiger partial charge in [0, 0.05) is 12.1 Å². The van der Waals surface area contributed by atoms with Crippen LogP contribution in [0.2, 0.25) is 0 Å². The molecule has 82 valence electrons. The lowest BCUT2D eigenvalue weighted by atomic mass is 9.97. The molecule has 0 spiro atoms. The lowest BCUT2D eigenvalue weighted by Gasteiger charge is -2.24. The summed E-state index contributed by atoms with van der Waals surface area (Å²) in [5.41, 5.74) is 0.992. The lowest BCUT2D eigenvalue weighted by Crippen LogP contribution is -2.26. The second kappa shape index (κ2) is 4.62. The number of piperidine rings is 1. The molecule has 3 heteroatoms. The molecule has 0 bridgehead atoms. The highest BCUT2D eigenvalue weighted by Gasteiger charge is 2.15. The van der Waals surface area contributed by atoms with E-state index in [1.54, 1.807) is 13.2 Å². The molecule has 2 rings (SSSR count). The van der Waals surface area contributed by atoms with E-state index in [1.807, 2.05) is 6.07 Å². The van der Waals surface area contributed by atoms with Crippen LogP contribution < -0.4 is 10.1 Å². The van der Waals surface area contributed by atoms with Gasteiger partial charge in [0.05, 0.1) is 7.11 Å². The van der Waals surface area contributed by atoms with E-state index in [0.717, 1.165) is 18.5 Å². The predicted molar refractivity (Wildman–Crippen MR) is 57.5 cm³/mol. The third-order valence-electron chi connectivity index (χ3n) is 2.84. The molecule has 2 nitrogen and oxygen atoms in total. The van der Waals surface area contributed by atoms with Crippen molar-refractivity contribution >= 4 is 0 Å². The Kier molecular flexibility index (Phi) is 3.21. The van der Waals surface area contributed by atoms with Gasteiger partial charge >= 0.3 is 0 Å². The quantitative estimate of drug-likeness (QED) is 0.808. The maximum absolute atomic E-state index is 13.3. The number of rotatable bonds is 2. The van der Waals surface area contributed by atoms with E-state index < -0.39 is 0 Å². The van der Waals surface area contributed by atoms with Gasteiger partial charge in [-0.15, -0.1) is 0 Å². The van der Waals surface area contributed by atoms with E-state index in [9.17, 15) is 4.39 Å². The van der Waals surface area contributed by atoms with Gasteiger partial charge < -0.3 is 10.1 Å². The first-order valence-electron chi connectivity index (χ1n) is 5.37. The van der Waals surface area contributed by atoms with E-state index >= 15 is 0 Å². The van der Waals surface area contributed by atoms with E-state index in [4.69, 9.17) is 4.74 Å². The molecule has 1 heterocycles. The van der Waals surface area contributed by atoms with E-state index in [1.165, 1.54) is 18.9 Å². The van der Waals surface area contributed by atoms with Crippen molar-refractivity contribution in [2.24, 2.45) is 0 Å². The van der Waals surface area contributed by atoms with Gasteiger partial charge in [-0.05, 0) is 37.1 Å². The Morgan fingerprint density at radius 2 is 2.20 bits per heavy atom. The zero-order valence-electron chi connectivity index (χ0n) is 8.92. The molecular weight excluding hydrogens is 193 g/mol. The van der Waals surface area contributed by atoms with Crippen molar-refractivity contribution < 1.29 is 9.13 Å². The number of nitrogens with one attached hydrogen (secondary N) is 1. The Morgan fingerprint density at radius 1 is 1.33 bits per heavy atom. The minimum absolute atomic E-state index is 0.225. The molecule has 1 fully saturated rings. The van der Waals surface area contributed by atoms with Crippen molar-refractivity contribution in [2.45, 2.75) is 25.3 Å². The second-order valence-electron chi connectivity index (χ2n) is 3.93. The van der Waals surface area contributed by atoms with Gasteiger partial charge in [-0.1, -0.05) is 6.42 Å². The van der Waals surface area contributed by atoms with Crippen molar-refractivity contribution in [3.63, 3.8) is 0 Å². The Morgan fingerprint density at radius 3 is 2.87 bits per heavy atom. The molecule has 0 amide bonds. The second-order valence-corrected chi connectivity index (χ2v) is 3.93. The molecule has 0 aromatic heterocycles. The van der Waals surface area contributed by atoms with Crippen LogP contribution in [-0.2, 0) is 0 Å². The van der Waals surface area contributed by atoms with Crippen LogP contribution >= 0.6 is 0 Å². The summed E-state index contributed by atoms with van der Waals surface area (Å²) in [6, 6.07) is 5.19. The van der Waals surface area contributed by atoms with Gasteiger partial charge in [0.2, 0.25) is 0 Å². The summed E-state index contributed by atoms with van der Waals surface area (Å²) in [4.78, 5) is 0. The molecule has 1 saturated heterocycles. The number of methoxy groups -OCH3 is 1. The smallest absolute Gasteiger partial charge is 0.127 e. The molecule has 0 aliphatic carbocycles. The minimum Gasteiger partial charge on any atom is -0.497 e. The first kappa shape index (κ1) is 10.4. The average molecular weight is 209 g/mol. The van der Waals surface area contributed by atoms with E-state index in [2.05, 4.69) is 5.32 Å². The Balaban J connectivity index is 2.22. The summed E-state index contributed by atoms with van der Waals surface area (Å²) in [7, 11) is 1.56. The molecule has 1 N–H and O–H groups in total. The van der Waals surface area contributed by atoms with Gasteiger partial charge in [0.25, 0.3) is 0 Å². The monoisotopic (exact) mass is 209 g/mol. The largest absolute Gasteiger partial charge is 0.497 e. The molecule has 1 aliphatic heterocycles. The van der Waals surface area contributed by atoms with Gasteiger partial charge in [-0.3, -0.25) is 0 Å². The minimum atomic E-state index is -0.225. The van der Waals surface area contributed by atoms with Gasteiger partial charge in [0.15, 0.2) is 0 Å². The Bertz CT molecular complexity index is 334. The van der Waals surface area contributed by atoms with Crippen LogP contribution in [0.1, 0.15) is 30.9 Å². The van der Waals surface area contributed by atoms with Crippen molar-refractivity contribution in [1.29, 1.82) is 0 Å². The number of hydrogen-bond donors (Lipinski definition) is 1. The van der Waals surface area contributed by atoms with E-state index in [-0.39, 0.29) is 11.9 Å². The fourth-order valence-corrected chi connectivity index (χ4v) is 2.04. The topological polar surface area (TPSA) is 21.3 Å². The van der Waals surface area contributed by atoms with Gasteiger partial charge in [-0.25, -0.2) is 4.39 Å². The molecule has 0 radical (unpaired) electrons. The standard InChI is InChI=1S/C12H16FNO/c1-15-11-7-9(6-10(13)8-11)12-4-2-3-5-14-12/h6-8,12,14H,2-5H2,1H3. The SMILES string of the molecule is COc1cc(F)cc(C2CCCCN2)c1. The first-order chi connectivity index (χ1) is 7.29. The first-order valence-corrected chi connectivity index (χ1v) is 5.37. The molecule has 1 aromatic carbocycles.